The smallest absolute Gasteiger partial charge is 0.213 e. The first-order chi connectivity index (χ1) is 14.3. The maximum atomic E-state index is 5.74. The summed E-state index contributed by atoms with van der Waals surface area (Å²) in [5, 5.41) is 6.58. The molecule has 156 valence electrons. The minimum absolute atomic E-state index is 0.614. The molecule has 1 aliphatic rings. The number of benzene rings is 1. The Bertz CT molecular complexity index is 776. The van der Waals surface area contributed by atoms with E-state index in [1.165, 1.54) is 12.8 Å². The fraction of sp³-hybridized carbons (Fsp3) is 0.455. The molecule has 2 N–H and O–H groups in total. The SMILES string of the molecule is CN=C(NCc1ccc(OCC2CC2)nc1)Nc1cccc(OCCCOC)c1. The van der Waals surface area contributed by atoms with Crippen molar-refractivity contribution in [2.24, 2.45) is 10.9 Å². The number of aliphatic imine (C=N–C) groups is 1. The van der Waals surface area contributed by atoms with Crippen molar-refractivity contribution in [3.8, 4) is 11.6 Å². The third-order valence-corrected chi connectivity index (χ3v) is 4.50. The highest BCUT2D eigenvalue weighted by atomic mass is 16.5. The number of aromatic nitrogens is 1. The molecule has 0 aliphatic heterocycles. The minimum Gasteiger partial charge on any atom is -0.493 e. The quantitative estimate of drug-likeness (QED) is 0.343. The van der Waals surface area contributed by atoms with E-state index in [2.05, 4.69) is 20.6 Å². The number of pyridine rings is 1. The average molecular weight is 399 g/mol. The summed E-state index contributed by atoms with van der Waals surface area (Å²) in [4.78, 5) is 8.65. The van der Waals surface area contributed by atoms with Gasteiger partial charge in [0.2, 0.25) is 5.88 Å². The van der Waals surface area contributed by atoms with Gasteiger partial charge in [0.05, 0.1) is 13.2 Å². The third-order valence-electron chi connectivity index (χ3n) is 4.50. The van der Waals surface area contributed by atoms with E-state index in [1.807, 2.05) is 42.6 Å². The van der Waals surface area contributed by atoms with Crippen molar-refractivity contribution in [3.63, 3.8) is 0 Å². The second-order valence-electron chi connectivity index (χ2n) is 7.03. The number of hydrogen-bond acceptors (Lipinski definition) is 5. The summed E-state index contributed by atoms with van der Waals surface area (Å²) in [6, 6.07) is 11.7. The summed E-state index contributed by atoms with van der Waals surface area (Å²) in [7, 11) is 3.43. The van der Waals surface area contributed by atoms with Gasteiger partial charge in [0, 0.05) is 57.7 Å². The van der Waals surface area contributed by atoms with Gasteiger partial charge >= 0.3 is 0 Å². The van der Waals surface area contributed by atoms with Crippen molar-refractivity contribution in [2.75, 3.05) is 39.3 Å². The summed E-state index contributed by atoms with van der Waals surface area (Å²) in [6.45, 7) is 2.70. The van der Waals surface area contributed by atoms with E-state index in [1.54, 1.807) is 14.2 Å². The van der Waals surface area contributed by atoms with Gasteiger partial charge in [0.25, 0.3) is 0 Å². The fourth-order valence-electron chi connectivity index (χ4n) is 2.65. The molecule has 7 heteroatoms. The highest BCUT2D eigenvalue weighted by Gasteiger charge is 2.22. The van der Waals surface area contributed by atoms with Gasteiger partial charge < -0.3 is 24.8 Å². The molecule has 1 aromatic carbocycles. The highest BCUT2D eigenvalue weighted by Crippen LogP contribution is 2.29. The summed E-state index contributed by atoms with van der Waals surface area (Å²) < 4.78 is 16.5. The monoisotopic (exact) mass is 398 g/mol. The number of methoxy groups -OCH3 is 1. The van der Waals surface area contributed by atoms with Crippen LogP contribution in [0.2, 0.25) is 0 Å². The summed E-state index contributed by atoms with van der Waals surface area (Å²) in [5.41, 5.74) is 1.96. The van der Waals surface area contributed by atoms with E-state index in [0.29, 0.717) is 31.6 Å². The van der Waals surface area contributed by atoms with E-state index in [4.69, 9.17) is 14.2 Å². The number of rotatable bonds is 11. The molecule has 0 radical (unpaired) electrons. The third kappa shape index (κ3) is 7.62. The Morgan fingerprint density at radius 1 is 1.17 bits per heavy atom. The van der Waals surface area contributed by atoms with E-state index >= 15 is 0 Å². The first kappa shape index (κ1) is 20.9. The van der Waals surface area contributed by atoms with Crippen LogP contribution in [0.3, 0.4) is 0 Å². The molecular weight excluding hydrogens is 368 g/mol. The van der Waals surface area contributed by atoms with Crippen LogP contribution < -0.4 is 20.1 Å². The van der Waals surface area contributed by atoms with Crippen LogP contribution in [0.25, 0.3) is 0 Å². The van der Waals surface area contributed by atoms with Crippen LogP contribution in [0.15, 0.2) is 47.6 Å². The van der Waals surface area contributed by atoms with Crippen molar-refractivity contribution >= 4 is 11.6 Å². The maximum absolute atomic E-state index is 5.74. The molecule has 1 aromatic heterocycles. The zero-order valence-corrected chi connectivity index (χ0v) is 17.2. The van der Waals surface area contributed by atoms with Crippen LogP contribution in [0.5, 0.6) is 11.6 Å². The number of ether oxygens (including phenoxy) is 3. The van der Waals surface area contributed by atoms with Gasteiger partial charge in [-0.1, -0.05) is 12.1 Å². The fourth-order valence-corrected chi connectivity index (χ4v) is 2.65. The Morgan fingerprint density at radius 2 is 2.07 bits per heavy atom. The zero-order chi connectivity index (χ0) is 20.3. The summed E-state index contributed by atoms with van der Waals surface area (Å²) >= 11 is 0. The molecule has 0 unspecified atom stereocenters. The van der Waals surface area contributed by atoms with Gasteiger partial charge in [-0.2, -0.15) is 0 Å². The topological polar surface area (TPSA) is 77.0 Å². The molecular formula is C22H30N4O3. The molecule has 1 heterocycles. The predicted molar refractivity (Wildman–Crippen MR) is 115 cm³/mol. The van der Waals surface area contributed by atoms with Gasteiger partial charge in [-0.3, -0.25) is 4.99 Å². The van der Waals surface area contributed by atoms with E-state index in [-0.39, 0.29) is 0 Å². The van der Waals surface area contributed by atoms with Gasteiger partial charge in [0.15, 0.2) is 5.96 Å². The number of hydrogen-bond donors (Lipinski definition) is 2. The number of nitrogens with zero attached hydrogens (tertiary/aromatic N) is 2. The predicted octanol–water partition coefficient (Wildman–Crippen LogP) is 3.47. The molecule has 3 rings (SSSR count). The molecule has 1 fully saturated rings. The number of nitrogens with one attached hydrogen (secondary N) is 2. The van der Waals surface area contributed by atoms with Gasteiger partial charge in [-0.25, -0.2) is 4.98 Å². The second-order valence-corrected chi connectivity index (χ2v) is 7.03. The van der Waals surface area contributed by atoms with Crippen molar-refractivity contribution in [1.29, 1.82) is 0 Å². The average Bonchev–Trinajstić information content (AvgIpc) is 3.58. The maximum Gasteiger partial charge on any atom is 0.213 e. The molecule has 0 amide bonds. The lowest BCUT2D eigenvalue weighted by Gasteiger charge is -2.13. The van der Waals surface area contributed by atoms with E-state index in [9.17, 15) is 0 Å². The second kappa shape index (κ2) is 11.3. The van der Waals surface area contributed by atoms with Crippen molar-refractivity contribution < 1.29 is 14.2 Å². The largest absolute Gasteiger partial charge is 0.493 e. The molecule has 1 aliphatic carbocycles. The summed E-state index contributed by atoms with van der Waals surface area (Å²) in [6.07, 6.45) is 5.24. The molecule has 0 saturated heterocycles. The molecule has 2 aromatic rings. The first-order valence-electron chi connectivity index (χ1n) is 10.0. The number of guanidine groups is 1. The lowest BCUT2D eigenvalue weighted by molar-refractivity contribution is 0.172. The standard InChI is InChI=1S/C22H30N4O3/c1-23-22(26-19-5-3-6-20(13-19)28-12-4-11-27-2)25-15-18-9-10-21(24-14-18)29-16-17-7-8-17/h3,5-6,9-10,13-14,17H,4,7-8,11-12,15-16H2,1-2H3,(H2,23,25,26). The van der Waals surface area contributed by atoms with Gasteiger partial charge in [-0.15, -0.1) is 0 Å². The lowest BCUT2D eigenvalue weighted by Crippen LogP contribution is -2.30. The van der Waals surface area contributed by atoms with Crippen LogP contribution in [0.4, 0.5) is 5.69 Å². The van der Waals surface area contributed by atoms with Crippen LogP contribution >= 0.6 is 0 Å². The Balaban J connectivity index is 1.45. The normalized spacial score (nSPS) is 13.8. The Kier molecular flexibility index (Phi) is 8.12. The molecule has 1 saturated carbocycles. The Hall–Kier alpha value is -2.80. The van der Waals surface area contributed by atoms with Crippen LogP contribution in [0, 0.1) is 5.92 Å². The van der Waals surface area contributed by atoms with Crippen molar-refractivity contribution in [1.82, 2.24) is 10.3 Å². The van der Waals surface area contributed by atoms with Crippen LogP contribution in [-0.4, -0.2) is 44.9 Å². The van der Waals surface area contributed by atoms with Crippen LogP contribution in [0.1, 0.15) is 24.8 Å². The Morgan fingerprint density at radius 3 is 2.79 bits per heavy atom. The molecule has 29 heavy (non-hydrogen) atoms. The van der Waals surface area contributed by atoms with E-state index < -0.39 is 0 Å². The van der Waals surface area contributed by atoms with Gasteiger partial charge in [-0.05, 0) is 36.5 Å². The Labute approximate surface area is 172 Å². The molecule has 7 nitrogen and oxygen atoms in total. The van der Waals surface area contributed by atoms with Crippen molar-refractivity contribution in [2.45, 2.75) is 25.8 Å². The highest BCUT2D eigenvalue weighted by molar-refractivity contribution is 5.93. The molecule has 0 atom stereocenters. The van der Waals surface area contributed by atoms with E-state index in [0.717, 1.165) is 35.9 Å². The van der Waals surface area contributed by atoms with Crippen molar-refractivity contribution in [3.05, 3.63) is 48.2 Å². The molecule has 0 spiro atoms. The number of anilines is 1. The first-order valence-corrected chi connectivity index (χ1v) is 10.0. The molecule has 0 bridgehead atoms. The van der Waals surface area contributed by atoms with Crippen LogP contribution in [-0.2, 0) is 11.3 Å². The lowest BCUT2D eigenvalue weighted by atomic mass is 10.3. The summed E-state index contributed by atoms with van der Waals surface area (Å²) in [5.74, 6) is 2.90. The zero-order valence-electron chi connectivity index (χ0n) is 17.2. The van der Waals surface area contributed by atoms with Gasteiger partial charge in [0.1, 0.15) is 5.75 Å². The minimum atomic E-state index is 0.614.